The first-order chi connectivity index (χ1) is 8.82. The van der Waals surface area contributed by atoms with Gasteiger partial charge in [0, 0.05) is 12.6 Å². The second-order valence-electron chi connectivity index (χ2n) is 4.06. The maximum Gasteiger partial charge on any atom is 0.285 e. The van der Waals surface area contributed by atoms with E-state index >= 15 is 0 Å². The van der Waals surface area contributed by atoms with Gasteiger partial charge in [0.05, 0.1) is 11.0 Å². The van der Waals surface area contributed by atoms with E-state index in [9.17, 15) is 23.7 Å². The van der Waals surface area contributed by atoms with Gasteiger partial charge in [-0.15, -0.1) is 0 Å². The zero-order chi connectivity index (χ0) is 14.6. The number of nitrogens with one attached hydrogen (secondary N) is 1. The Morgan fingerprint density at radius 2 is 2.05 bits per heavy atom. The normalized spacial score (nSPS) is 12.0. The van der Waals surface area contributed by atoms with Crippen molar-refractivity contribution < 1.29 is 18.5 Å². The molecule has 0 aliphatic carbocycles. The summed E-state index contributed by atoms with van der Waals surface area (Å²) in [5, 5.41) is 13.0. The smallest absolute Gasteiger partial charge is 0.285 e. The maximum atomic E-state index is 13.0. The van der Waals surface area contributed by atoms with Crippen molar-refractivity contribution in [3.05, 3.63) is 39.4 Å². The molecule has 8 heteroatoms. The van der Waals surface area contributed by atoms with E-state index in [1.54, 1.807) is 6.92 Å². The third kappa shape index (κ3) is 3.95. The second kappa shape index (κ2) is 6.19. The summed E-state index contributed by atoms with van der Waals surface area (Å²) in [5.41, 5.74) is 4.17. The summed E-state index contributed by atoms with van der Waals surface area (Å²) < 4.78 is 25.9. The molecule has 6 nitrogen and oxygen atoms in total. The van der Waals surface area contributed by atoms with Gasteiger partial charge in [0.25, 0.3) is 11.6 Å². The largest absolute Gasteiger partial charge is 0.352 e. The van der Waals surface area contributed by atoms with Crippen LogP contribution in [0.2, 0.25) is 0 Å². The van der Waals surface area contributed by atoms with Crippen LogP contribution in [-0.4, -0.2) is 23.4 Å². The fourth-order valence-electron chi connectivity index (χ4n) is 1.38. The molecule has 1 unspecified atom stereocenters. The molecule has 0 heterocycles. The Kier molecular flexibility index (Phi) is 4.87. The Labute approximate surface area is 107 Å². The Bertz CT molecular complexity index is 506. The van der Waals surface area contributed by atoms with Crippen LogP contribution in [0.15, 0.2) is 12.1 Å². The fraction of sp³-hybridized carbons (Fsp3) is 0.364. The lowest BCUT2D eigenvalue weighted by Crippen LogP contribution is -2.29. The van der Waals surface area contributed by atoms with E-state index in [0.717, 1.165) is 0 Å². The van der Waals surface area contributed by atoms with E-state index < -0.39 is 33.7 Å². The number of nitro benzene ring substituents is 1. The molecule has 0 aromatic heterocycles. The zero-order valence-electron chi connectivity index (χ0n) is 10.2. The van der Waals surface area contributed by atoms with E-state index in [4.69, 9.17) is 5.73 Å². The lowest BCUT2D eigenvalue weighted by Gasteiger charge is -2.08. The van der Waals surface area contributed by atoms with Crippen LogP contribution in [0.25, 0.3) is 0 Å². The molecular formula is C11H13F2N3O3. The van der Waals surface area contributed by atoms with Gasteiger partial charge in [-0.25, -0.2) is 8.78 Å². The van der Waals surface area contributed by atoms with E-state index in [-0.39, 0.29) is 12.6 Å². The van der Waals surface area contributed by atoms with Gasteiger partial charge >= 0.3 is 0 Å². The predicted molar refractivity (Wildman–Crippen MR) is 63.6 cm³/mol. The molecule has 104 valence electrons. The monoisotopic (exact) mass is 273 g/mol. The van der Waals surface area contributed by atoms with Crippen molar-refractivity contribution in [2.75, 3.05) is 6.54 Å². The summed E-state index contributed by atoms with van der Waals surface area (Å²) in [6.45, 7) is 1.92. The number of nitrogens with two attached hydrogens (primary N) is 1. The van der Waals surface area contributed by atoms with Crippen LogP contribution in [0.5, 0.6) is 0 Å². The molecule has 1 amide bonds. The third-order valence-electron chi connectivity index (χ3n) is 2.37. The average Bonchev–Trinajstić information content (AvgIpc) is 2.31. The molecule has 0 aliphatic heterocycles. The van der Waals surface area contributed by atoms with Gasteiger partial charge < -0.3 is 11.1 Å². The van der Waals surface area contributed by atoms with Crippen molar-refractivity contribution in [1.82, 2.24) is 5.32 Å². The minimum atomic E-state index is -1.38. The number of amides is 1. The standard InChI is InChI=1S/C11H13F2N3O3/c1-6(14)2-3-15-11(17)7-4-8(12)9(13)5-10(7)16(18)19/h4-6H,2-3,14H2,1H3,(H,15,17). The van der Waals surface area contributed by atoms with Gasteiger partial charge in [0.2, 0.25) is 0 Å². The molecule has 0 saturated heterocycles. The maximum absolute atomic E-state index is 13.0. The quantitative estimate of drug-likeness (QED) is 0.624. The Hall–Kier alpha value is -2.09. The number of nitrogens with zero attached hydrogens (tertiary/aromatic N) is 1. The average molecular weight is 273 g/mol. The highest BCUT2D eigenvalue weighted by Crippen LogP contribution is 2.22. The van der Waals surface area contributed by atoms with Crippen molar-refractivity contribution in [1.29, 1.82) is 0 Å². The minimum absolute atomic E-state index is 0.153. The molecule has 0 fully saturated rings. The van der Waals surface area contributed by atoms with Crippen LogP contribution in [0.3, 0.4) is 0 Å². The molecule has 0 spiro atoms. The molecule has 0 aliphatic rings. The summed E-state index contributed by atoms with van der Waals surface area (Å²) in [4.78, 5) is 21.4. The van der Waals surface area contributed by atoms with Crippen molar-refractivity contribution in [2.45, 2.75) is 19.4 Å². The number of hydrogen-bond donors (Lipinski definition) is 2. The zero-order valence-corrected chi connectivity index (χ0v) is 10.2. The predicted octanol–water partition coefficient (Wildman–Crippen LogP) is 1.34. The Morgan fingerprint density at radius 1 is 1.47 bits per heavy atom. The first kappa shape index (κ1) is 15.0. The molecule has 19 heavy (non-hydrogen) atoms. The number of benzene rings is 1. The van der Waals surface area contributed by atoms with E-state index in [0.29, 0.717) is 18.6 Å². The molecule has 1 atom stereocenters. The van der Waals surface area contributed by atoms with Gasteiger partial charge in [0.15, 0.2) is 11.6 Å². The van der Waals surface area contributed by atoms with Crippen molar-refractivity contribution in [3.8, 4) is 0 Å². The van der Waals surface area contributed by atoms with Crippen LogP contribution in [0.4, 0.5) is 14.5 Å². The number of halogens is 2. The number of carbonyl (C=O) groups is 1. The number of carbonyl (C=O) groups excluding carboxylic acids is 1. The Morgan fingerprint density at radius 3 is 2.58 bits per heavy atom. The molecule has 0 saturated carbocycles. The number of hydrogen-bond acceptors (Lipinski definition) is 4. The molecule has 1 aromatic rings. The Balaban J connectivity index is 2.95. The lowest BCUT2D eigenvalue weighted by molar-refractivity contribution is -0.385. The molecule has 3 N–H and O–H groups in total. The van der Waals surface area contributed by atoms with Crippen LogP contribution in [-0.2, 0) is 0 Å². The van der Waals surface area contributed by atoms with Gasteiger partial charge in [-0.05, 0) is 19.4 Å². The van der Waals surface area contributed by atoms with Crippen molar-refractivity contribution in [2.24, 2.45) is 5.73 Å². The van der Waals surface area contributed by atoms with Crippen molar-refractivity contribution >= 4 is 11.6 Å². The highest BCUT2D eigenvalue weighted by atomic mass is 19.2. The first-order valence-corrected chi connectivity index (χ1v) is 5.50. The summed E-state index contributed by atoms with van der Waals surface area (Å²) in [7, 11) is 0. The van der Waals surface area contributed by atoms with Crippen molar-refractivity contribution in [3.63, 3.8) is 0 Å². The SMILES string of the molecule is CC(N)CCNC(=O)c1cc(F)c(F)cc1[N+](=O)[O-]. The summed E-state index contributed by atoms with van der Waals surface area (Å²) in [6, 6.07) is 0.741. The van der Waals surface area contributed by atoms with Gasteiger partial charge in [-0.1, -0.05) is 0 Å². The first-order valence-electron chi connectivity index (χ1n) is 5.50. The number of rotatable bonds is 5. The number of nitro groups is 1. The third-order valence-corrected chi connectivity index (χ3v) is 2.37. The second-order valence-corrected chi connectivity index (χ2v) is 4.06. The minimum Gasteiger partial charge on any atom is -0.352 e. The van der Waals surface area contributed by atoms with Gasteiger partial charge in [-0.2, -0.15) is 0 Å². The van der Waals surface area contributed by atoms with E-state index in [1.807, 2.05) is 0 Å². The highest BCUT2D eigenvalue weighted by Gasteiger charge is 2.23. The highest BCUT2D eigenvalue weighted by molar-refractivity contribution is 5.98. The summed E-state index contributed by atoms with van der Waals surface area (Å²) >= 11 is 0. The van der Waals surface area contributed by atoms with Gasteiger partial charge in [0.1, 0.15) is 5.56 Å². The molecule has 0 bridgehead atoms. The molecular weight excluding hydrogens is 260 g/mol. The van der Waals surface area contributed by atoms with Crippen LogP contribution in [0.1, 0.15) is 23.7 Å². The summed E-state index contributed by atoms with van der Waals surface area (Å²) in [5.74, 6) is -3.53. The summed E-state index contributed by atoms with van der Waals surface area (Å²) in [6.07, 6.45) is 0.462. The molecule has 1 aromatic carbocycles. The lowest BCUT2D eigenvalue weighted by atomic mass is 10.1. The van der Waals surface area contributed by atoms with Crippen LogP contribution < -0.4 is 11.1 Å². The molecule has 0 radical (unpaired) electrons. The van der Waals surface area contributed by atoms with Crippen LogP contribution >= 0.6 is 0 Å². The van der Waals surface area contributed by atoms with E-state index in [2.05, 4.69) is 5.32 Å². The van der Waals surface area contributed by atoms with E-state index in [1.165, 1.54) is 0 Å². The molecule has 1 rings (SSSR count). The fourth-order valence-corrected chi connectivity index (χ4v) is 1.38. The van der Waals surface area contributed by atoms with Crippen LogP contribution in [0, 0.1) is 21.7 Å². The topological polar surface area (TPSA) is 98.3 Å². The van der Waals surface area contributed by atoms with Gasteiger partial charge in [-0.3, -0.25) is 14.9 Å².